The van der Waals surface area contributed by atoms with Gasteiger partial charge in [0.05, 0.1) is 41.6 Å². The molecule has 0 amide bonds. The number of fused-ring (bicyclic) bond motifs is 1. The molecule has 1 aliphatic heterocycles. The van der Waals surface area contributed by atoms with E-state index in [-0.39, 0.29) is 28.7 Å². The Morgan fingerprint density at radius 1 is 1.02 bits per heavy atom. The maximum atomic E-state index is 13.7. The van der Waals surface area contributed by atoms with Crippen LogP contribution in [0.4, 0.5) is 24.5 Å². The molecule has 1 aromatic heterocycles. The van der Waals surface area contributed by atoms with Gasteiger partial charge in [0.1, 0.15) is 12.3 Å². The molecule has 1 saturated carbocycles. The maximum absolute atomic E-state index is 13.7. The Bertz CT molecular complexity index is 1690. The summed E-state index contributed by atoms with van der Waals surface area (Å²) in [5, 5.41) is 7.42. The molecule has 0 radical (unpaired) electrons. The number of likely N-dealkylation sites (tertiary alicyclic amines) is 1. The number of benzene rings is 2. The number of alkyl halides is 3. The number of ether oxygens (including phenoxy) is 2. The second kappa shape index (κ2) is 13.8. The molecule has 8 nitrogen and oxygen atoms in total. The molecule has 0 bridgehead atoms. The number of anilines is 2. The van der Waals surface area contributed by atoms with Crippen LogP contribution < -0.4 is 15.4 Å². The summed E-state index contributed by atoms with van der Waals surface area (Å²) in [7, 11) is -0.200. The zero-order valence-corrected chi connectivity index (χ0v) is 27.7. The van der Waals surface area contributed by atoms with Crippen LogP contribution in [0.3, 0.4) is 0 Å². The van der Waals surface area contributed by atoms with E-state index < -0.39 is 22.6 Å². The lowest BCUT2D eigenvalue weighted by molar-refractivity contribution is -0.140. The molecular weight excluding hydrogens is 617 g/mol. The minimum Gasteiger partial charge on any atom is -0.495 e. The normalized spacial score (nSPS) is 21.5. The number of nitrogens with zero attached hydrogens (tertiary/aromatic N) is 2. The second-order valence-corrected chi connectivity index (χ2v) is 14.6. The Labute approximate surface area is 269 Å². The molecule has 46 heavy (non-hydrogen) atoms. The van der Waals surface area contributed by atoms with Gasteiger partial charge in [0.25, 0.3) is 0 Å². The minimum absolute atomic E-state index is 0.108. The van der Waals surface area contributed by atoms with E-state index >= 15 is 0 Å². The Kier molecular flexibility index (Phi) is 10.2. The molecule has 12 heteroatoms. The predicted octanol–water partition coefficient (Wildman–Crippen LogP) is 6.30. The summed E-state index contributed by atoms with van der Waals surface area (Å²) in [4.78, 5) is 2.73. The highest BCUT2D eigenvalue weighted by molar-refractivity contribution is 7.90. The van der Waals surface area contributed by atoms with Crippen LogP contribution in [-0.2, 0) is 21.1 Å². The van der Waals surface area contributed by atoms with Crippen LogP contribution in [0.15, 0.2) is 47.4 Å². The molecule has 1 aliphatic carbocycles. The first-order valence-electron chi connectivity index (χ1n) is 15.6. The van der Waals surface area contributed by atoms with Crippen molar-refractivity contribution in [1.29, 1.82) is 0 Å². The maximum Gasteiger partial charge on any atom is 0.406 e. The van der Waals surface area contributed by atoms with Crippen molar-refractivity contribution in [2.24, 2.45) is 0 Å². The van der Waals surface area contributed by atoms with Crippen molar-refractivity contribution in [3.63, 3.8) is 0 Å². The van der Waals surface area contributed by atoms with Crippen molar-refractivity contribution < 1.29 is 31.1 Å². The summed E-state index contributed by atoms with van der Waals surface area (Å²) in [5.41, 5.74) is 2.22. The summed E-state index contributed by atoms with van der Waals surface area (Å²) in [6.45, 7) is 3.40. The number of sulfone groups is 1. The van der Waals surface area contributed by atoms with Gasteiger partial charge in [-0.05, 0) is 81.7 Å². The van der Waals surface area contributed by atoms with Crippen LogP contribution in [0.5, 0.6) is 5.75 Å². The molecule has 0 atom stereocenters. The Morgan fingerprint density at radius 2 is 1.74 bits per heavy atom. The first kappa shape index (κ1) is 33.9. The summed E-state index contributed by atoms with van der Waals surface area (Å²) < 4.78 is 77.0. The van der Waals surface area contributed by atoms with E-state index in [1.165, 1.54) is 23.8 Å². The number of aromatic nitrogens is 1. The standard InChI is InChI=1S/C34H43F3N4O4S/c1-33(40-19-14-26(44-2)15-20-40)16-12-24(13-17-33)39-29-8-5-9-31-28(29)21-25(41(31)23-34(35,36)37)7-6-18-38-30-11-10-27(46(4,42)43)22-32(30)45-3/h5,8-11,21-22,24,26,38-39H,12-20,23H2,1-4H3. The summed E-state index contributed by atoms with van der Waals surface area (Å²) in [6, 6.07) is 11.8. The SMILES string of the molecule is COc1cc(S(C)(=O)=O)ccc1NCC#Cc1cc2c(NC3CCC(C)(N4CCC(OC)CC4)CC3)cccc2n1CC(F)(F)F. The fourth-order valence-corrected chi connectivity index (χ4v) is 7.37. The number of rotatable bonds is 9. The zero-order chi connectivity index (χ0) is 33.1. The Morgan fingerprint density at radius 3 is 2.37 bits per heavy atom. The number of hydrogen-bond acceptors (Lipinski definition) is 7. The highest BCUT2D eigenvalue weighted by atomic mass is 32.2. The topological polar surface area (TPSA) is 84.8 Å². The first-order chi connectivity index (χ1) is 21.8. The van der Waals surface area contributed by atoms with Gasteiger partial charge in [-0.1, -0.05) is 12.0 Å². The molecule has 2 fully saturated rings. The smallest absolute Gasteiger partial charge is 0.406 e. The molecule has 1 saturated heterocycles. The van der Waals surface area contributed by atoms with E-state index in [0.29, 0.717) is 28.4 Å². The van der Waals surface area contributed by atoms with Crippen LogP contribution in [0.25, 0.3) is 10.9 Å². The summed E-state index contributed by atoms with van der Waals surface area (Å²) >= 11 is 0. The lowest BCUT2D eigenvalue weighted by Gasteiger charge is -2.48. The third-order valence-corrected chi connectivity index (χ3v) is 10.5. The zero-order valence-electron chi connectivity index (χ0n) is 26.8. The number of methoxy groups -OCH3 is 2. The molecule has 5 rings (SSSR count). The molecule has 0 spiro atoms. The van der Waals surface area contributed by atoms with Crippen LogP contribution in [0, 0.1) is 11.8 Å². The number of nitrogens with one attached hydrogen (secondary N) is 2. The van der Waals surface area contributed by atoms with Gasteiger partial charge in [-0.15, -0.1) is 0 Å². The molecule has 2 heterocycles. The second-order valence-electron chi connectivity index (χ2n) is 12.6. The number of hydrogen-bond donors (Lipinski definition) is 2. The number of piperidine rings is 1. The average Bonchev–Trinajstić information content (AvgIpc) is 3.36. The van der Waals surface area contributed by atoms with Crippen LogP contribution >= 0.6 is 0 Å². The molecule has 250 valence electrons. The van der Waals surface area contributed by atoms with Crippen molar-refractivity contribution in [2.45, 2.75) is 80.7 Å². The van der Waals surface area contributed by atoms with Crippen molar-refractivity contribution >= 4 is 32.1 Å². The van der Waals surface area contributed by atoms with E-state index in [9.17, 15) is 21.6 Å². The van der Waals surface area contributed by atoms with E-state index in [1.807, 2.05) is 6.07 Å². The summed E-state index contributed by atoms with van der Waals surface area (Å²) in [5.74, 6) is 6.17. The monoisotopic (exact) mass is 660 g/mol. The van der Waals surface area contributed by atoms with Crippen molar-refractivity contribution in [3.8, 4) is 17.6 Å². The van der Waals surface area contributed by atoms with E-state index in [4.69, 9.17) is 9.47 Å². The Hall–Kier alpha value is -3.40. The third-order valence-electron chi connectivity index (χ3n) is 9.43. The van der Waals surface area contributed by atoms with E-state index in [0.717, 1.165) is 63.6 Å². The van der Waals surface area contributed by atoms with Crippen LogP contribution in [0.2, 0.25) is 0 Å². The molecular formula is C34H43F3N4O4S. The van der Waals surface area contributed by atoms with Gasteiger partial charge >= 0.3 is 6.18 Å². The van der Waals surface area contributed by atoms with Gasteiger partial charge in [-0.3, -0.25) is 4.90 Å². The molecule has 2 aliphatic rings. The van der Waals surface area contributed by atoms with Gasteiger partial charge in [-0.2, -0.15) is 13.2 Å². The van der Waals surface area contributed by atoms with Gasteiger partial charge in [0.15, 0.2) is 9.84 Å². The molecule has 0 unspecified atom stereocenters. The first-order valence-corrected chi connectivity index (χ1v) is 17.5. The van der Waals surface area contributed by atoms with Crippen LogP contribution in [0.1, 0.15) is 51.1 Å². The van der Waals surface area contributed by atoms with Crippen molar-refractivity contribution in [2.75, 3.05) is 50.7 Å². The lowest BCUT2D eigenvalue weighted by atomic mass is 9.78. The van der Waals surface area contributed by atoms with E-state index in [2.05, 4.69) is 34.3 Å². The third kappa shape index (κ3) is 7.93. The molecule has 2 N–H and O–H groups in total. The highest BCUT2D eigenvalue weighted by Crippen LogP contribution is 2.38. The predicted molar refractivity (Wildman–Crippen MR) is 175 cm³/mol. The lowest BCUT2D eigenvalue weighted by Crippen LogP contribution is -2.53. The fourth-order valence-electron chi connectivity index (χ4n) is 6.74. The number of halogens is 3. The highest BCUT2D eigenvalue weighted by Gasteiger charge is 2.38. The van der Waals surface area contributed by atoms with E-state index in [1.54, 1.807) is 31.4 Å². The van der Waals surface area contributed by atoms with Gasteiger partial charge in [0.2, 0.25) is 0 Å². The summed E-state index contributed by atoms with van der Waals surface area (Å²) in [6.07, 6.45) is 3.21. The van der Waals surface area contributed by atoms with Crippen LogP contribution in [-0.4, -0.2) is 81.9 Å². The van der Waals surface area contributed by atoms with Crippen molar-refractivity contribution in [1.82, 2.24) is 9.47 Å². The van der Waals surface area contributed by atoms with Gasteiger partial charge in [-0.25, -0.2) is 8.42 Å². The molecule has 3 aromatic rings. The average molecular weight is 661 g/mol. The quantitative estimate of drug-likeness (QED) is 0.261. The van der Waals surface area contributed by atoms with Gasteiger partial charge in [0, 0.05) is 55.2 Å². The molecule has 2 aromatic carbocycles. The minimum atomic E-state index is -4.43. The van der Waals surface area contributed by atoms with Gasteiger partial charge < -0.3 is 24.7 Å². The largest absolute Gasteiger partial charge is 0.495 e. The van der Waals surface area contributed by atoms with Crippen molar-refractivity contribution in [3.05, 3.63) is 48.2 Å². The fraction of sp³-hybridized carbons (Fsp3) is 0.529. The Balaban J connectivity index is 1.31.